The number of anilines is 1. The first kappa shape index (κ1) is 13.4. The Hall–Kier alpha value is -1.61. The summed E-state index contributed by atoms with van der Waals surface area (Å²) in [5.41, 5.74) is 2.31. The molecule has 1 N–H and O–H groups in total. The van der Waals surface area contributed by atoms with Gasteiger partial charge < -0.3 is 10.2 Å². The summed E-state index contributed by atoms with van der Waals surface area (Å²) in [4.78, 5) is 14.9. The van der Waals surface area contributed by atoms with E-state index in [1.807, 2.05) is 17.0 Å². The van der Waals surface area contributed by atoms with E-state index in [2.05, 4.69) is 36.5 Å². The number of carbonyl (C=O) groups is 1. The molecule has 2 aliphatic rings. The van der Waals surface area contributed by atoms with E-state index >= 15 is 0 Å². The molecule has 0 saturated heterocycles. The maximum Gasteiger partial charge on any atom is 0.230 e. The first-order chi connectivity index (χ1) is 9.75. The Morgan fingerprint density at radius 3 is 2.95 bits per heavy atom. The smallest absolute Gasteiger partial charge is 0.230 e. The molecule has 20 heavy (non-hydrogen) atoms. The SMILES string of the molecule is CC1CN(C(=O)C2CC=CCC2)c2ccccc2CN1. The van der Waals surface area contributed by atoms with Crippen molar-refractivity contribution in [3.63, 3.8) is 0 Å². The Labute approximate surface area is 120 Å². The van der Waals surface area contributed by atoms with E-state index in [-0.39, 0.29) is 11.8 Å². The highest BCUT2D eigenvalue weighted by molar-refractivity contribution is 5.96. The van der Waals surface area contributed by atoms with Crippen LogP contribution in [-0.4, -0.2) is 18.5 Å². The lowest BCUT2D eigenvalue weighted by molar-refractivity contribution is -0.122. The predicted molar refractivity (Wildman–Crippen MR) is 81.6 cm³/mol. The van der Waals surface area contributed by atoms with Crippen LogP contribution >= 0.6 is 0 Å². The molecule has 3 nitrogen and oxygen atoms in total. The average Bonchev–Trinajstić information content (AvgIpc) is 2.67. The Balaban J connectivity index is 1.90. The number of rotatable bonds is 1. The van der Waals surface area contributed by atoms with Crippen LogP contribution in [0.3, 0.4) is 0 Å². The summed E-state index contributed by atoms with van der Waals surface area (Å²) in [5.74, 6) is 0.440. The van der Waals surface area contributed by atoms with Gasteiger partial charge in [0.1, 0.15) is 0 Å². The number of benzene rings is 1. The number of fused-ring (bicyclic) bond motifs is 1. The fraction of sp³-hybridized carbons (Fsp3) is 0.471. The van der Waals surface area contributed by atoms with Crippen molar-refractivity contribution in [1.82, 2.24) is 5.32 Å². The van der Waals surface area contributed by atoms with Gasteiger partial charge in [0.15, 0.2) is 0 Å². The minimum atomic E-state index is 0.151. The molecular formula is C17H22N2O. The number of nitrogens with zero attached hydrogens (tertiary/aromatic N) is 1. The van der Waals surface area contributed by atoms with E-state index in [0.29, 0.717) is 6.04 Å². The average molecular weight is 270 g/mol. The molecule has 3 heteroatoms. The van der Waals surface area contributed by atoms with Crippen LogP contribution in [0.5, 0.6) is 0 Å². The van der Waals surface area contributed by atoms with Crippen molar-refractivity contribution < 1.29 is 4.79 Å². The summed E-state index contributed by atoms with van der Waals surface area (Å²) in [6, 6.07) is 8.58. The molecule has 106 valence electrons. The maximum absolute atomic E-state index is 12.9. The lowest BCUT2D eigenvalue weighted by atomic mass is 9.92. The highest BCUT2D eigenvalue weighted by Gasteiger charge is 2.29. The zero-order chi connectivity index (χ0) is 13.9. The Morgan fingerprint density at radius 1 is 1.30 bits per heavy atom. The van der Waals surface area contributed by atoms with Gasteiger partial charge in [-0.2, -0.15) is 0 Å². The van der Waals surface area contributed by atoms with Crippen LogP contribution in [0, 0.1) is 5.92 Å². The molecule has 0 spiro atoms. The van der Waals surface area contributed by atoms with Crippen molar-refractivity contribution >= 4 is 11.6 Å². The normalized spacial score (nSPS) is 25.9. The molecule has 1 aromatic rings. The van der Waals surface area contributed by atoms with Gasteiger partial charge in [-0.15, -0.1) is 0 Å². The van der Waals surface area contributed by atoms with Gasteiger partial charge in [-0.25, -0.2) is 0 Å². The second-order valence-corrected chi connectivity index (χ2v) is 5.84. The molecule has 1 amide bonds. The molecule has 2 atom stereocenters. The van der Waals surface area contributed by atoms with Crippen molar-refractivity contribution in [3.8, 4) is 0 Å². The van der Waals surface area contributed by atoms with Gasteiger partial charge in [0.25, 0.3) is 0 Å². The monoisotopic (exact) mass is 270 g/mol. The van der Waals surface area contributed by atoms with Gasteiger partial charge in [0, 0.05) is 30.7 Å². The standard InChI is InChI=1S/C17H22N2O/c1-13-12-19(17(20)14-7-3-2-4-8-14)16-10-6-5-9-15(16)11-18-13/h2-3,5-6,9-10,13-14,18H,4,7-8,11-12H2,1H3. The summed E-state index contributed by atoms with van der Waals surface area (Å²) in [7, 11) is 0. The molecule has 2 unspecified atom stereocenters. The minimum Gasteiger partial charge on any atom is -0.310 e. The number of hydrogen-bond acceptors (Lipinski definition) is 2. The topological polar surface area (TPSA) is 32.3 Å². The zero-order valence-electron chi connectivity index (χ0n) is 12.0. The highest BCUT2D eigenvalue weighted by Crippen LogP contribution is 2.28. The van der Waals surface area contributed by atoms with Gasteiger partial charge >= 0.3 is 0 Å². The summed E-state index contributed by atoms with van der Waals surface area (Å²) < 4.78 is 0. The third-order valence-electron chi connectivity index (χ3n) is 4.26. The van der Waals surface area contributed by atoms with Crippen molar-refractivity contribution in [2.45, 2.75) is 38.8 Å². The molecule has 0 saturated carbocycles. The zero-order valence-corrected chi connectivity index (χ0v) is 12.0. The molecular weight excluding hydrogens is 248 g/mol. The lowest BCUT2D eigenvalue weighted by Crippen LogP contribution is -2.42. The maximum atomic E-state index is 12.9. The third-order valence-corrected chi connectivity index (χ3v) is 4.26. The largest absolute Gasteiger partial charge is 0.310 e. The van der Waals surface area contributed by atoms with E-state index < -0.39 is 0 Å². The molecule has 0 radical (unpaired) electrons. The van der Waals surface area contributed by atoms with E-state index in [1.54, 1.807) is 0 Å². The molecule has 3 rings (SSSR count). The van der Waals surface area contributed by atoms with Crippen LogP contribution in [0.1, 0.15) is 31.7 Å². The van der Waals surface area contributed by atoms with Gasteiger partial charge in [-0.1, -0.05) is 30.4 Å². The Bertz CT molecular complexity index is 523. The highest BCUT2D eigenvalue weighted by atomic mass is 16.2. The lowest BCUT2D eigenvalue weighted by Gasteiger charge is -2.29. The van der Waals surface area contributed by atoms with E-state index in [4.69, 9.17) is 0 Å². The molecule has 1 aromatic carbocycles. The first-order valence-electron chi connectivity index (χ1n) is 7.53. The second kappa shape index (κ2) is 5.80. The number of allylic oxidation sites excluding steroid dienone is 2. The number of amides is 1. The summed E-state index contributed by atoms with van der Waals surface area (Å²) in [5, 5.41) is 3.48. The summed E-state index contributed by atoms with van der Waals surface area (Å²) in [6.45, 7) is 3.74. The van der Waals surface area contributed by atoms with Gasteiger partial charge in [0.2, 0.25) is 5.91 Å². The Kier molecular flexibility index (Phi) is 3.88. The van der Waals surface area contributed by atoms with E-state index in [9.17, 15) is 4.79 Å². The van der Waals surface area contributed by atoms with Crippen molar-refractivity contribution in [2.24, 2.45) is 5.92 Å². The Morgan fingerprint density at radius 2 is 2.15 bits per heavy atom. The van der Waals surface area contributed by atoms with Crippen molar-refractivity contribution in [1.29, 1.82) is 0 Å². The van der Waals surface area contributed by atoms with Gasteiger partial charge in [-0.3, -0.25) is 4.79 Å². The number of nitrogens with one attached hydrogen (secondary N) is 1. The third kappa shape index (κ3) is 2.63. The molecule has 0 bridgehead atoms. The minimum absolute atomic E-state index is 0.151. The second-order valence-electron chi connectivity index (χ2n) is 5.84. The quantitative estimate of drug-likeness (QED) is 0.796. The molecule has 0 aromatic heterocycles. The van der Waals surface area contributed by atoms with Crippen LogP contribution in [0.25, 0.3) is 0 Å². The van der Waals surface area contributed by atoms with Gasteiger partial charge in [0.05, 0.1) is 0 Å². The molecule has 0 fully saturated rings. The van der Waals surface area contributed by atoms with Crippen LogP contribution in [-0.2, 0) is 11.3 Å². The molecule has 1 aliphatic heterocycles. The predicted octanol–water partition coefficient (Wildman–Crippen LogP) is 2.87. The van der Waals surface area contributed by atoms with Crippen LogP contribution in [0.4, 0.5) is 5.69 Å². The summed E-state index contributed by atoms with van der Waals surface area (Å²) in [6.07, 6.45) is 7.23. The van der Waals surface area contributed by atoms with Crippen LogP contribution < -0.4 is 10.2 Å². The number of hydrogen-bond donors (Lipinski definition) is 1. The van der Waals surface area contributed by atoms with E-state index in [1.165, 1.54) is 5.56 Å². The van der Waals surface area contributed by atoms with Crippen LogP contribution in [0.2, 0.25) is 0 Å². The fourth-order valence-electron chi connectivity index (χ4n) is 3.09. The molecule has 1 aliphatic carbocycles. The number of carbonyl (C=O) groups excluding carboxylic acids is 1. The fourth-order valence-corrected chi connectivity index (χ4v) is 3.09. The number of para-hydroxylation sites is 1. The summed E-state index contributed by atoms with van der Waals surface area (Å²) >= 11 is 0. The van der Waals surface area contributed by atoms with Crippen molar-refractivity contribution in [3.05, 3.63) is 42.0 Å². The van der Waals surface area contributed by atoms with Crippen LogP contribution in [0.15, 0.2) is 36.4 Å². The van der Waals surface area contributed by atoms with E-state index in [0.717, 1.165) is 38.0 Å². The first-order valence-corrected chi connectivity index (χ1v) is 7.53. The van der Waals surface area contributed by atoms with Gasteiger partial charge in [-0.05, 0) is 37.8 Å². The van der Waals surface area contributed by atoms with Crippen molar-refractivity contribution in [2.75, 3.05) is 11.4 Å². The molecule has 1 heterocycles.